The number of aromatic nitrogens is 2. The molecule has 2 rings (SSSR count). The fraction of sp³-hybridized carbons (Fsp3) is 0.833. The Hall–Kier alpha value is -0.680. The van der Waals surface area contributed by atoms with Crippen molar-refractivity contribution in [3.8, 4) is 0 Å². The Kier molecular flexibility index (Phi) is 3.68. The summed E-state index contributed by atoms with van der Waals surface area (Å²) >= 11 is 1.66. The molecule has 17 heavy (non-hydrogen) atoms. The van der Waals surface area contributed by atoms with Gasteiger partial charge in [0.1, 0.15) is 5.01 Å². The Morgan fingerprint density at radius 2 is 2.06 bits per heavy atom. The van der Waals surface area contributed by atoms with Crippen LogP contribution in [0.1, 0.15) is 45.0 Å². The number of nitrogens with one attached hydrogen (secondary N) is 1. The number of nitrogens with zero attached hydrogens (tertiary/aromatic N) is 2. The molecule has 2 unspecified atom stereocenters. The summed E-state index contributed by atoms with van der Waals surface area (Å²) in [5, 5.41) is 13.9. The zero-order valence-electron chi connectivity index (χ0n) is 11.0. The molecule has 1 N–H and O–H groups in total. The van der Waals surface area contributed by atoms with E-state index in [0.717, 1.165) is 29.4 Å². The van der Waals surface area contributed by atoms with Gasteiger partial charge in [-0.05, 0) is 19.3 Å². The van der Waals surface area contributed by atoms with E-state index in [2.05, 4.69) is 36.3 Å². The molecular formula is C12H21N3OS. The Labute approximate surface area is 107 Å². The first kappa shape index (κ1) is 12.8. The van der Waals surface area contributed by atoms with Crippen LogP contribution in [0, 0.1) is 0 Å². The maximum atomic E-state index is 5.37. The first-order chi connectivity index (χ1) is 7.99. The molecule has 0 saturated heterocycles. The van der Waals surface area contributed by atoms with Crippen molar-refractivity contribution in [2.75, 3.05) is 12.4 Å². The summed E-state index contributed by atoms with van der Waals surface area (Å²) in [4.78, 5) is 0. The molecule has 0 aliphatic heterocycles. The van der Waals surface area contributed by atoms with E-state index in [1.54, 1.807) is 18.4 Å². The van der Waals surface area contributed by atoms with Gasteiger partial charge < -0.3 is 10.1 Å². The van der Waals surface area contributed by atoms with Gasteiger partial charge in [-0.1, -0.05) is 32.1 Å². The van der Waals surface area contributed by atoms with Crippen LogP contribution in [0.4, 0.5) is 5.13 Å². The minimum atomic E-state index is 0.0857. The minimum absolute atomic E-state index is 0.0857. The molecule has 1 heterocycles. The molecule has 1 aliphatic rings. The van der Waals surface area contributed by atoms with Gasteiger partial charge in [-0.25, -0.2) is 0 Å². The summed E-state index contributed by atoms with van der Waals surface area (Å²) in [5.74, 6) is 0. The SMILES string of the molecule is COC1CCC(Nc2nnc(C(C)(C)C)s2)C1. The summed E-state index contributed by atoms with van der Waals surface area (Å²) in [6, 6.07) is 0.487. The van der Waals surface area contributed by atoms with E-state index in [0.29, 0.717) is 12.1 Å². The summed E-state index contributed by atoms with van der Waals surface area (Å²) in [7, 11) is 1.79. The summed E-state index contributed by atoms with van der Waals surface area (Å²) in [5.41, 5.74) is 0.0857. The Morgan fingerprint density at radius 1 is 1.29 bits per heavy atom. The van der Waals surface area contributed by atoms with Crippen LogP contribution in [-0.4, -0.2) is 29.5 Å². The van der Waals surface area contributed by atoms with Gasteiger partial charge in [0.25, 0.3) is 0 Å². The van der Waals surface area contributed by atoms with Crippen LogP contribution in [0.2, 0.25) is 0 Å². The summed E-state index contributed by atoms with van der Waals surface area (Å²) in [6.45, 7) is 6.48. The first-order valence-electron chi connectivity index (χ1n) is 6.12. The van der Waals surface area contributed by atoms with Crippen molar-refractivity contribution >= 4 is 16.5 Å². The Morgan fingerprint density at radius 3 is 2.59 bits per heavy atom. The molecule has 0 aromatic carbocycles. The molecule has 5 heteroatoms. The smallest absolute Gasteiger partial charge is 0.205 e. The number of methoxy groups -OCH3 is 1. The predicted molar refractivity (Wildman–Crippen MR) is 70.7 cm³/mol. The molecule has 0 bridgehead atoms. The lowest BCUT2D eigenvalue weighted by molar-refractivity contribution is 0.108. The second kappa shape index (κ2) is 4.90. The highest BCUT2D eigenvalue weighted by atomic mass is 32.1. The van der Waals surface area contributed by atoms with E-state index in [1.165, 1.54) is 0 Å². The molecule has 0 spiro atoms. The quantitative estimate of drug-likeness (QED) is 0.902. The third kappa shape index (κ3) is 3.16. The van der Waals surface area contributed by atoms with Crippen molar-refractivity contribution in [3.05, 3.63) is 5.01 Å². The van der Waals surface area contributed by atoms with Crippen molar-refractivity contribution < 1.29 is 4.74 Å². The molecule has 0 radical (unpaired) electrons. The van der Waals surface area contributed by atoms with E-state index in [1.807, 2.05) is 0 Å². The number of anilines is 1. The van der Waals surface area contributed by atoms with E-state index < -0.39 is 0 Å². The zero-order valence-corrected chi connectivity index (χ0v) is 11.8. The number of hydrogen-bond acceptors (Lipinski definition) is 5. The highest BCUT2D eigenvalue weighted by Crippen LogP contribution is 2.30. The van der Waals surface area contributed by atoms with E-state index >= 15 is 0 Å². The van der Waals surface area contributed by atoms with Crippen LogP contribution < -0.4 is 5.32 Å². The lowest BCUT2D eigenvalue weighted by atomic mass is 9.98. The standard InChI is InChI=1S/C12H21N3OS/c1-12(2,3)10-14-15-11(17-10)13-8-5-6-9(7-8)16-4/h8-9H,5-7H2,1-4H3,(H,13,15). The second-order valence-electron chi connectivity index (χ2n) is 5.67. The van der Waals surface area contributed by atoms with Crippen molar-refractivity contribution in [1.82, 2.24) is 10.2 Å². The first-order valence-corrected chi connectivity index (χ1v) is 6.94. The minimum Gasteiger partial charge on any atom is -0.381 e. The maximum absolute atomic E-state index is 5.37. The van der Waals surface area contributed by atoms with Crippen LogP contribution in [0.3, 0.4) is 0 Å². The fourth-order valence-electron chi connectivity index (χ4n) is 2.04. The number of hydrogen-bond donors (Lipinski definition) is 1. The van der Waals surface area contributed by atoms with Crippen molar-refractivity contribution in [1.29, 1.82) is 0 Å². The van der Waals surface area contributed by atoms with Gasteiger partial charge in [0.15, 0.2) is 0 Å². The molecule has 96 valence electrons. The van der Waals surface area contributed by atoms with Crippen molar-refractivity contribution in [2.45, 2.75) is 57.6 Å². The fourth-order valence-corrected chi connectivity index (χ4v) is 2.92. The monoisotopic (exact) mass is 255 g/mol. The van der Waals surface area contributed by atoms with Gasteiger partial charge in [-0.15, -0.1) is 10.2 Å². The average Bonchev–Trinajstić information content (AvgIpc) is 2.86. The summed E-state index contributed by atoms with van der Waals surface area (Å²) < 4.78 is 5.37. The van der Waals surface area contributed by atoms with E-state index in [9.17, 15) is 0 Å². The van der Waals surface area contributed by atoms with Gasteiger partial charge in [-0.3, -0.25) is 0 Å². The number of ether oxygens (including phenoxy) is 1. The Balaban J connectivity index is 1.94. The summed E-state index contributed by atoms with van der Waals surface area (Å²) in [6.07, 6.45) is 3.77. The topological polar surface area (TPSA) is 47.0 Å². The van der Waals surface area contributed by atoms with E-state index in [4.69, 9.17) is 4.74 Å². The van der Waals surface area contributed by atoms with Gasteiger partial charge in [0.05, 0.1) is 6.10 Å². The van der Waals surface area contributed by atoms with Gasteiger partial charge in [0, 0.05) is 18.6 Å². The van der Waals surface area contributed by atoms with Crippen molar-refractivity contribution in [3.63, 3.8) is 0 Å². The van der Waals surface area contributed by atoms with Crippen LogP contribution in [-0.2, 0) is 10.2 Å². The van der Waals surface area contributed by atoms with Crippen molar-refractivity contribution in [2.24, 2.45) is 0 Å². The molecule has 0 amide bonds. The third-order valence-corrected chi connectivity index (χ3v) is 4.39. The lowest BCUT2D eigenvalue weighted by Gasteiger charge is -2.13. The molecule has 1 aliphatic carbocycles. The van der Waals surface area contributed by atoms with E-state index in [-0.39, 0.29) is 5.41 Å². The average molecular weight is 255 g/mol. The van der Waals surface area contributed by atoms with Crippen LogP contribution in [0.5, 0.6) is 0 Å². The normalized spacial score (nSPS) is 25.2. The largest absolute Gasteiger partial charge is 0.381 e. The van der Waals surface area contributed by atoms with Crippen LogP contribution >= 0.6 is 11.3 Å². The Bertz CT molecular complexity index is 372. The molecular weight excluding hydrogens is 234 g/mol. The molecule has 1 saturated carbocycles. The third-order valence-electron chi connectivity index (χ3n) is 3.11. The molecule has 1 aromatic rings. The molecule has 4 nitrogen and oxygen atoms in total. The van der Waals surface area contributed by atoms with Gasteiger partial charge in [-0.2, -0.15) is 0 Å². The molecule has 1 fully saturated rings. The molecule has 2 atom stereocenters. The van der Waals surface area contributed by atoms with Gasteiger partial charge in [0.2, 0.25) is 5.13 Å². The predicted octanol–water partition coefficient (Wildman–Crippen LogP) is 2.82. The second-order valence-corrected chi connectivity index (χ2v) is 6.65. The zero-order chi connectivity index (χ0) is 12.5. The molecule has 1 aromatic heterocycles. The lowest BCUT2D eigenvalue weighted by Crippen LogP contribution is -2.17. The van der Waals surface area contributed by atoms with Crippen LogP contribution in [0.25, 0.3) is 0 Å². The maximum Gasteiger partial charge on any atom is 0.205 e. The van der Waals surface area contributed by atoms with Crippen LogP contribution in [0.15, 0.2) is 0 Å². The highest BCUT2D eigenvalue weighted by Gasteiger charge is 2.26. The van der Waals surface area contributed by atoms with Gasteiger partial charge >= 0.3 is 0 Å². The highest BCUT2D eigenvalue weighted by molar-refractivity contribution is 7.15. The number of rotatable bonds is 3.